The fourth-order valence-electron chi connectivity index (χ4n) is 2.68. The molecule has 2 aromatic carbocycles. The number of pyridine rings is 1. The van der Waals surface area contributed by atoms with Gasteiger partial charge in [-0.25, -0.2) is 14.2 Å². The smallest absolute Gasteiger partial charge is 0.341 e. The summed E-state index contributed by atoms with van der Waals surface area (Å²) in [5.41, 5.74) is 1.78. The van der Waals surface area contributed by atoms with Crippen molar-refractivity contribution in [3.63, 3.8) is 0 Å². The molecule has 1 aromatic heterocycles. The van der Waals surface area contributed by atoms with Gasteiger partial charge in [-0.3, -0.25) is 0 Å². The van der Waals surface area contributed by atoms with Crippen molar-refractivity contribution in [1.82, 2.24) is 4.98 Å². The van der Waals surface area contributed by atoms with Crippen molar-refractivity contribution in [2.45, 2.75) is 6.92 Å². The second kappa shape index (κ2) is 7.17. The number of aliphatic carboxylic acids is 1. The zero-order valence-electron chi connectivity index (χ0n) is 14.0. The van der Waals surface area contributed by atoms with Crippen LogP contribution in [0.5, 0.6) is 11.6 Å². The summed E-state index contributed by atoms with van der Waals surface area (Å²) in [6.45, 7) is 1.11. The van der Waals surface area contributed by atoms with Crippen LogP contribution in [0.1, 0.15) is 5.56 Å². The van der Waals surface area contributed by atoms with Gasteiger partial charge in [-0.1, -0.05) is 17.7 Å². The third kappa shape index (κ3) is 3.41. The minimum atomic E-state index is -1.13. The molecule has 0 aliphatic rings. The highest BCUT2D eigenvalue weighted by Gasteiger charge is 2.17. The quantitative estimate of drug-likeness (QED) is 0.666. The number of fused-ring (bicyclic) bond motifs is 1. The Morgan fingerprint density at radius 2 is 2.00 bits per heavy atom. The van der Waals surface area contributed by atoms with Crippen molar-refractivity contribution < 1.29 is 23.8 Å². The Hall–Kier alpha value is -2.86. The first-order chi connectivity index (χ1) is 12.4. The molecule has 3 aromatic rings. The molecule has 0 fully saturated rings. The van der Waals surface area contributed by atoms with E-state index in [1.165, 1.54) is 13.2 Å². The molecule has 0 aliphatic carbocycles. The third-order valence-electron chi connectivity index (χ3n) is 3.91. The van der Waals surface area contributed by atoms with Crippen molar-refractivity contribution in [2.75, 3.05) is 13.7 Å². The van der Waals surface area contributed by atoms with E-state index in [2.05, 4.69) is 4.98 Å². The maximum Gasteiger partial charge on any atom is 0.341 e. The topological polar surface area (TPSA) is 68.7 Å². The van der Waals surface area contributed by atoms with Crippen LogP contribution in [-0.2, 0) is 4.79 Å². The van der Waals surface area contributed by atoms with Gasteiger partial charge in [0.2, 0.25) is 5.88 Å². The summed E-state index contributed by atoms with van der Waals surface area (Å²) in [5, 5.41) is 10.2. The van der Waals surface area contributed by atoms with Gasteiger partial charge >= 0.3 is 5.97 Å². The summed E-state index contributed by atoms with van der Waals surface area (Å²) in [4.78, 5) is 15.0. The Kier molecular flexibility index (Phi) is 4.95. The molecular weight excluding hydrogens is 361 g/mol. The fraction of sp³-hybridized carbons (Fsp3) is 0.158. The second-order valence-corrected chi connectivity index (χ2v) is 6.00. The van der Waals surface area contributed by atoms with E-state index < -0.39 is 12.6 Å². The molecule has 7 heteroatoms. The normalized spacial score (nSPS) is 10.8. The molecule has 3 rings (SSSR count). The Bertz CT molecular complexity index is 1010. The first kappa shape index (κ1) is 17.9. The molecule has 0 bridgehead atoms. The van der Waals surface area contributed by atoms with Gasteiger partial charge in [0.05, 0.1) is 7.11 Å². The van der Waals surface area contributed by atoms with E-state index in [4.69, 9.17) is 26.2 Å². The number of hydrogen-bond donors (Lipinski definition) is 1. The van der Waals surface area contributed by atoms with E-state index in [0.717, 1.165) is 0 Å². The van der Waals surface area contributed by atoms with Crippen molar-refractivity contribution in [3.05, 3.63) is 52.9 Å². The van der Waals surface area contributed by atoms with Crippen LogP contribution in [0.25, 0.3) is 21.9 Å². The van der Waals surface area contributed by atoms with Crippen molar-refractivity contribution >= 4 is 28.3 Å². The molecule has 0 aliphatic heterocycles. The average Bonchev–Trinajstić information content (AvgIpc) is 2.62. The van der Waals surface area contributed by atoms with E-state index >= 15 is 0 Å². The molecule has 0 atom stereocenters. The lowest BCUT2D eigenvalue weighted by Gasteiger charge is -2.14. The number of carboxylic acids is 1. The highest BCUT2D eigenvalue weighted by Crippen LogP contribution is 2.40. The highest BCUT2D eigenvalue weighted by atomic mass is 35.5. The molecule has 0 saturated carbocycles. The number of hydrogen-bond acceptors (Lipinski definition) is 4. The molecule has 134 valence electrons. The Labute approximate surface area is 154 Å². The number of carboxylic acid groups (broad SMARTS) is 1. The Balaban J connectivity index is 2.26. The summed E-state index contributed by atoms with van der Waals surface area (Å²) in [7, 11) is 1.52. The van der Waals surface area contributed by atoms with Crippen LogP contribution in [0.3, 0.4) is 0 Å². The van der Waals surface area contributed by atoms with Crippen LogP contribution < -0.4 is 9.47 Å². The lowest BCUT2D eigenvalue weighted by atomic mass is 9.99. The summed E-state index contributed by atoms with van der Waals surface area (Å²) < 4.78 is 24.1. The van der Waals surface area contributed by atoms with E-state index in [-0.39, 0.29) is 16.9 Å². The third-order valence-corrected chi connectivity index (χ3v) is 4.18. The predicted octanol–water partition coefficient (Wildman–Crippen LogP) is 4.47. The van der Waals surface area contributed by atoms with E-state index in [0.29, 0.717) is 33.2 Å². The van der Waals surface area contributed by atoms with Crippen LogP contribution in [0, 0.1) is 12.7 Å². The van der Waals surface area contributed by atoms with Gasteiger partial charge in [0, 0.05) is 10.9 Å². The average molecular weight is 376 g/mol. The number of methoxy groups -OCH3 is 1. The Morgan fingerprint density at radius 1 is 1.23 bits per heavy atom. The Morgan fingerprint density at radius 3 is 2.65 bits per heavy atom. The number of carbonyl (C=O) groups is 1. The number of nitrogens with zero attached hydrogens (tertiary/aromatic N) is 1. The number of aryl methyl sites for hydroxylation is 1. The molecule has 5 nitrogen and oxygen atoms in total. The van der Waals surface area contributed by atoms with Gasteiger partial charge in [-0.15, -0.1) is 0 Å². The largest absolute Gasteiger partial charge is 0.497 e. The van der Waals surface area contributed by atoms with Crippen LogP contribution in [0.4, 0.5) is 4.39 Å². The summed E-state index contributed by atoms with van der Waals surface area (Å²) in [6, 6.07) is 9.89. The molecule has 0 radical (unpaired) electrons. The molecule has 0 spiro atoms. The highest BCUT2D eigenvalue weighted by molar-refractivity contribution is 6.34. The maximum atomic E-state index is 13.6. The molecule has 0 unspecified atom stereocenters. The van der Waals surface area contributed by atoms with Crippen molar-refractivity contribution in [3.8, 4) is 22.8 Å². The number of rotatable bonds is 5. The molecule has 1 N–H and O–H groups in total. The molecule has 0 saturated heterocycles. The van der Waals surface area contributed by atoms with Gasteiger partial charge in [-0.2, -0.15) is 0 Å². The van der Waals surface area contributed by atoms with Gasteiger partial charge < -0.3 is 14.6 Å². The zero-order valence-corrected chi connectivity index (χ0v) is 14.8. The molecule has 0 amide bonds. The van der Waals surface area contributed by atoms with Gasteiger partial charge in [-0.05, 0) is 53.8 Å². The summed E-state index contributed by atoms with van der Waals surface area (Å²) >= 11 is 6.36. The zero-order chi connectivity index (χ0) is 18.8. The van der Waals surface area contributed by atoms with Crippen molar-refractivity contribution in [2.24, 2.45) is 0 Å². The number of benzene rings is 2. The number of halogens is 2. The second-order valence-electron chi connectivity index (χ2n) is 5.64. The van der Waals surface area contributed by atoms with Gasteiger partial charge in [0.1, 0.15) is 16.7 Å². The van der Waals surface area contributed by atoms with E-state index in [1.54, 1.807) is 37.3 Å². The molecule has 1 heterocycles. The first-order valence-electron chi connectivity index (χ1n) is 7.69. The number of ether oxygens (including phenoxy) is 2. The maximum absolute atomic E-state index is 13.6. The lowest BCUT2D eigenvalue weighted by Crippen LogP contribution is -2.10. The SMILES string of the molecule is COc1ccc2c(-c3ccc(F)c(C)c3)c(Cl)nc(OCC(=O)O)c2c1. The van der Waals surface area contributed by atoms with Crippen LogP contribution in [0.15, 0.2) is 36.4 Å². The van der Waals surface area contributed by atoms with Crippen LogP contribution in [0.2, 0.25) is 5.15 Å². The van der Waals surface area contributed by atoms with Gasteiger partial charge in [0.15, 0.2) is 6.61 Å². The first-order valence-corrected chi connectivity index (χ1v) is 8.07. The fourth-order valence-corrected chi connectivity index (χ4v) is 2.96. The van der Waals surface area contributed by atoms with Crippen molar-refractivity contribution in [1.29, 1.82) is 0 Å². The monoisotopic (exact) mass is 375 g/mol. The van der Waals surface area contributed by atoms with Gasteiger partial charge in [0.25, 0.3) is 0 Å². The summed E-state index contributed by atoms with van der Waals surface area (Å²) in [6.07, 6.45) is 0. The van der Waals surface area contributed by atoms with Crippen LogP contribution >= 0.6 is 11.6 Å². The predicted molar refractivity (Wildman–Crippen MR) is 96.6 cm³/mol. The minimum absolute atomic E-state index is 0.0916. The van der Waals surface area contributed by atoms with E-state index in [9.17, 15) is 9.18 Å². The van der Waals surface area contributed by atoms with E-state index in [1.807, 2.05) is 0 Å². The summed E-state index contributed by atoms with van der Waals surface area (Å²) in [5.74, 6) is -0.792. The number of aromatic nitrogens is 1. The molecule has 26 heavy (non-hydrogen) atoms. The molecular formula is C19H15ClFNO4. The standard InChI is InChI=1S/C19H15ClFNO4/c1-10-7-11(3-6-15(10)21)17-13-5-4-12(25-2)8-14(13)19(22-18(17)20)26-9-16(23)24/h3-8H,9H2,1-2H3,(H,23,24). The minimum Gasteiger partial charge on any atom is -0.497 e. The van der Waals surface area contributed by atoms with Crippen LogP contribution in [-0.4, -0.2) is 29.8 Å². The lowest BCUT2D eigenvalue weighted by molar-refractivity contribution is -0.139.